The molecule has 1 amide bonds. The minimum Gasteiger partial charge on any atom is -0.381 e. The Morgan fingerprint density at radius 2 is 2.24 bits per heavy atom. The van der Waals surface area contributed by atoms with Crippen LogP contribution >= 0.6 is 23.4 Å². The molecule has 6 heteroatoms. The predicted octanol–water partition coefficient (Wildman–Crippen LogP) is 3.06. The fraction of sp³-hybridized carbons (Fsp3) is 0.733. The van der Waals surface area contributed by atoms with Crippen LogP contribution in [0.1, 0.15) is 32.6 Å². The molecule has 1 atom stereocenters. The SMILES string of the molecule is CCCSC1=NC(Cl)CC=C1C(=O)N(C)C1CCOCC1. The van der Waals surface area contributed by atoms with Crippen LogP contribution in [0.5, 0.6) is 0 Å². The Morgan fingerprint density at radius 3 is 2.90 bits per heavy atom. The summed E-state index contributed by atoms with van der Waals surface area (Å²) < 4.78 is 5.37. The van der Waals surface area contributed by atoms with Gasteiger partial charge in [-0.3, -0.25) is 9.79 Å². The van der Waals surface area contributed by atoms with Crippen molar-refractivity contribution in [3.8, 4) is 0 Å². The van der Waals surface area contributed by atoms with E-state index in [0.717, 1.165) is 48.8 Å². The minimum absolute atomic E-state index is 0.0628. The first-order chi connectivity index (χ1) is 10.1. The quantitative estimate of drug-likeness (QED) is 0.587. The third kappa shape index (κ3) is 4.47. The number of likely N-dealkylation sites (N-methyl/N-ethyl adjacent to an activating group) is 1. The third-order valence-corrected chi connectivity index (χ3v) is 5.22. The smallest absolute Gasteiger partial charge is 0.256 e. The second-order valence-corrected chi connectivity index (χ2v) is 6.92. The lowest BCUT2D eigenvalue weighted by molar-refractivity contribution is -0.128. The fourth-order valence-corrected chi connectivity index (χ4v) is 3.64. The first-order valence-corrected chi connectivity index (χ1v) is 8.95. The average Bonchev–Trinajstić information content (AvgIpc) is 2.52. The molecule has 2 heterocycles. The van der Waals surface area contributed by atoms with E-state index < -0.39 is 0 Å². The summed E-state index contributed by atoms with van der Waals surface area (Å²) in [6.07, 6.45) is 5.43. The molecule has 1 unspecified atom stereocenters. The molecule has 21 heavy (non-hydrogen) atoms. The molecule has 1 fully saturated rings. The van der Waals surface area contributed by atoms with E-state index in [1.54, 1.807) is 11.8 Å². The van der Waals surface area contributed by atoms with E-state index in [-0.39, 0.29) is 17.5 Å². The Hall–Kier alpha value is -0.520. The van der Waals surface area contributed by atoms with Gasteiger partial charge in [-0.05, 0) is 25.0 Å². The number of ether oxygens (including phenoxy) is 1. The predicted molar refractivity (Wildman–Crippen MR) is 89.1 cm³/mol. The van der Waals surface area contributed by atoms with Gasteiger partial charge in [0, 0.05) is 32.7 Å². The van der Waals surface area contributed by atoms with Crippen molar-refractivity contribution in [2.45, 2.75) is 44.1 Å². The Bertz CT molecular complexity index is 433. The van der Waals surface area contributed by atoms with Crippen molar-refractivity contribution in [2.75, 3.05) is 26.0 Å². The van der Waals surface area contributed by atoms with Crippen LogP contribution in [0.15, 0.2) is 16.6 Å². The summed E-state index contributed by atoms with van der Waals surface area (Å²) in [5.41, 5.74) is 0.480. The summed E-state index contributed by atoms with van der Waals surface area (Å²) in [6.45, 7) is 3.58. The number of carbonyl (C=O) groups is 1. The van der Waals surface area contributed by atoms with Crippen molar-refractivity contribution in [3.63, 3.8) is 0 Å². The van der Waals surface area contributed by atoms with Gasteiger partial charge in [0.25, 0.3) is 5.91 Å². The molecule has 0 aromatic carbocycles. The average molecular weight is 331 g/mol. The maximum Gasteiger partial charge on any atom is 0.256 e. The Morgan fingerprint density at radius 1 is 1.52 bits per heavy atom. The molecule has 0 N–H and O–H groups in total. The normalized spacial score (nSPS) is 23.5. The highest BCUT2D eigenvalue weighted by molar-refractivity contribution is 8.14. The molecule has 0 spiro atoms. The van der Waals surface area contributed by atoms with E-state index in [1.807, 2.05) is 18.0 Å². The van der Waals surface area contributed by atoms with E-state index in [9.17, 15) is 4.79 Å². The van der Waals surface area contributed by atoms with Gasteiger partial charge in [-0.25, -0.2) is 0 Å². The van der Waals surface area contributed by atoms with Crippen molar-refractivity contribution in [1.82, 2.24) is 4.90 Å². The molecule has 0 saturated carbocycles. The highest BCUT2D eigenvalue weighted by Crippen LogP contribution is 2.26. The lowest BCUT2D eigenvalue weighted by Crippen LogP contribution is -2.42. The number of hydrogen-bond donors (Lipinski definition) is 0. The van der Waals surface area contributed by atoms with Gasteiger partial charge in [0.1, 0.15) is 10.5 Å². The van der Waals surface area contributed by atoms with Crippen LogP contribution in [0.2, 0.25) is 0 Å². The van der Waals surface area contributed by atoms with Gasteiger partial charge in [0.2, 0.25) is 0 Å². The number of halogens is 1. The molecular weight excluding hydrogens is 308 g/mol. The van der Waals surface area contributed by atoms with Crippen molar-refractivity contribution in [1.29, 1.82) is 0 Å². The van der Waals surface area contributed by atoms with E-state index in [0.29, 0.717) is 6.42 Å². The standard InChI is InChI=1S/C15H23ClN2O2S/c1-3-10-21-14-12(4-5-13(16)17-14)15(19)18(2)11-6-8-20-9-7-11/h4,11,13H,3,5-10H2,1-2H3. The molecule has 4 nitrogen and oxygen atoms in total. The molecule has 0 bridgehead atoms. The van der Waals surface area contributed by atoms with Gasteiger partial charge in [0.05, 0.1) is 5.57 Å². The number of aliphatic imine (C=N–C) groups is 1. The van der Waals surface area contributed by atoms with Gasteiger partial charge < -0.3 is 9.64 Å². The topological polar surface area (TPSA) is 41.9 Å². The molecule has 0 aromatic heterocycles. The molecule has 2 aliphatic rings. The second kappa shape index (κ2) is 8.20. The number of dihydropyridines is 1. The zero-order valence-electron chi connectivity index (χ0n) is 12.7. The number of hydrogen-bond acceptors (Lipinski definition) is 4. The molecule has 0 aliphatic carbocycles. The summed E-state index contributed by atoms with van der Waals surface area (Å²) in [7, 11) is 1.88. The monoisotopic (exact) mass is 330 g/mol. The highest BCUT2D eigenvalue weighted by atomic mass is 35.5. The highest BCUT2D eigenvalue weighted by Gasteiger charge is 2.28. The maximum atomic E-state index is 12.8. The lowest BCUT2D eigenvalue weighted by atomic mass is 10.1. The fourth-order valence-electron chi connectivity index (χ4n) is 2.47. The summed E-state index contributed by atoms with van der Waals surface area (Å²) >= 11 is 7.73. The molecule has 2 rings (SSSR count). The van der Waals surface area contributed by atoms with Gasteiger partial charge in [-0.2, -0.15) is 0 Å². The Balaban J connectivity index is 2.06. The van der Waals surface area contributed by atoms with Crippen LogP contribution in [-0.2, 0) is 9.53 Å². The number of carbonyl (C=O) groups excluding carboxylic acids is 1. The first-order valence-electron chi connectivity index (χ1n) is 7.53. The summed E-state index contributed by atoms with van der Waals surface area (Å²) in [5, 5.41) is 0.798. The summed E-state index contributed by atoms with van der Waals surface area (Å²) in [6, 6.07) is 0.262. The van der Waals surface area contributed by atoms with Crippen LogP contribution in [0.3, 0.4) is 0 Å². The number of nitrogens with zero attached hydrogens (tertiary/aromatic N) is 2. The molecule has 0 aromatic rings. The van der Waals surface area contributed by atoms with Crippen LogP contribution in [0.25, 0.3) is 0 Å². The van der Waals surface area contributed by atoms with Gasteiger partial charge >= 0.3 is 0 Å². The van der Waals surface area contributed by atoms with Crippen LogP contribution in [0.4, 0.5) is 0 Å². The maximum absolute atomic E-state index is 12.8. The molecule has 0 radical (unpaired) electrons. The van der Waals surface area contributed by atoms with Crippen molar-refractivity contribution >= 4 is 34.3 Å². The largest absolute Gasteiger partial charge is 0.381 e. The number of rotatable bonds is 4. The molecule has 118 valence electrons. The first kappa shape index (κ1) is 16.8. The van der Waals surface area contributed by atoms with Gasteiger partial charge in [-0.1, -0.05) is 24.6 Å². The van der Waals surface area contributed by atoms with Gasteiger partial charge in [0.15, 0.2) is 0 Å². The van der Waals surface area contributed by atoms with E-state index in [2.05, 4.69) is 11.9 Å². The van der Waals surface area contributed by atoms with Crippen molar-refractivity contribution in [2.24, 2.45) is 4.99 Å². The van der Waals surface area contributed by atoms with Crippen LogP contribution < -0.4 is 0 Å². The lowest BCUT2D eigenvalue weighted by Gasteiger charge is -2.32. The minimum atomic E-state index is -0.241. The molecule has 2 aliphatic heterocycles. The zero-order chi connectivity index (χ0) is 15.2. The molecular formula is C15H23ClN2O2S. The Labute approximate surface area is 136 Å². The summed E-state index contributed by atoms with van der Waals surface area (Å²) in [5.74, 6) is 1.02. The van der Waals surface area contributed by atoms with Crippen molar-refractivity contribution in [3.05, 3.63) is 11.6 Å². The number of thioether (sulfide) groups is 1. The van der Waals surface area contributed by atoms with Crippen LogP contribution in [0, 0.1) is 0 Å². The number of alkyl halides is 1. The van der Waals surface area contributed by atoms with E-state index in [4.69, 9.17) is 16.3 Å². The Kier molecular flexibility index (Phi) is 6.58. The molecule has 1 saturated heterocycles. The zero-order valence-corrected chi connectivity index (χ0v) is 14.3. The second-order valence-electron chi connectivity index (χ2n) is 5.33. The third-order valence-electron chi connectivity index (χ3n) is 3.74. The van der Waals surface area contributed by atoms with E-state index in [1.165, 1.54) is 0 Å². The number of amides is 1. The van der Waals surface area contributed by atoms with E-state index >= 15 is 0 Å². The van der Waals surface area contributed by atoms with Crippen LogP contribution in [-0.4, -0.2) is 53.4 Å². The van der Waals surface area contributed by atoms with Gasteiger partial charge in [-0.15, -0.1) is 11.8 Å². The van der Waals surface area contributed by atoms with Crippen molar-refractivity contribution < 1.29 is 9.53 Å². The summed E-state index contributed by atoms with van der Waals surface area (Å²) in [4.78, 5) is 19.1.